The van der Waals surface area contributed by atoms with Gasteiger partial charge in [-0.25, -0.2) is 4.98 Å². The van der Waals surface area contributed by atoms with E-state index in [1.54, 1.807) is 36.4 Å². The fourth-order valence-electron chi connectivity index (χ4n) is 7.51. The third-order valence-corrected chi connectivity index (χ3v) is 11.0. The molecule has 1 aliphatic heterocycles. The second kappa shape index (κ2) is 11.1. The molecule has 1 fully saturated rings. The quantitative estimate of drug-likeness (QED) is 0.104. The molecule has 2 heterocycles. The number of aromatic nitrogens is 1. The maximum absolute atomic E-state index is 14.3. The number of hydrogen-bond acceptors (Lipinski definition) is 8. The number of amides is 2. The topological polar surface area (TPSA) is 127 Å². The number of phenols is 1. The van der Waals surface area contributed by atoms with Crippen LogP contribution in [-0.4, -0.2) is 40.6 Å². The molecule has 3 aliphatic carbocycles. The molecule has 11 heteroatoms. The molecule has 0 spiro atoms. The minimum absolute atomic E-state index is 0.0286. The van der Waals surface area contributed by atoms with E-state index in [2.05, 4.69) is 20.9 Å². The lowest BCUT2D eigenvalue weighted by atomic mass is 9.59. The summed E-state index contributed by atoms with van der Waals surface area (Å²) in [6.07, 6.45) is 3.72. The summed E-state index contributed by atoms with van der Waals surface area (Å²) in [5, 5.41) is 10.6. The Balaban J connectivity index is 1.18. The number of rotatable bonds is 4. The maximum Gasteiger partial charge on any atom is 0.238 e. The van der Waals surface area contributed by atoms with Crippen LogP contribution in [0, 0.1) is 21.3 Å². The number of carbonyl (C=O) groups excluding carboxylic acids is 4. The van der Waals surface area contributed by atoms with Gasteiger partial charge in [-0.3, -0.25) is 24.1 Å². The summed E-state index contributed by atoms with van der Waals surface area (Å²) >= 11 is 5.26. The van der Waals surface area contributed by atoms with Crippen LogP contribution in [0.4, 0.5) is 5.69 Å². The lowest BCUT2D eigenvalue weighted by Crippen LogP contribution is -2.39. The predicted molar refractivity (Wildman–Crippen MR) is 184 cm³/mol. The highest BCUT2D eigenvalue weighted by molar-refractivity contribution is 14.1. The minimum Gasteiger partial charge on any atom is -0.504 e. The number of oxazole rings is 1. The van der Waals surface area contributed by atoms with Crippen molar-refractivity contribution in [2.24, 2.45) is 17.8 Å². The van der Waals surface area contributed by atoms with E-state index >= 15 is 0 Å². The van der Waals surface area contributed by atoms with Crippen LogP contribution in [0.1, 0.15) is 24.3 Å². The summed E-state index contributed by atoms with van der Waals surface area (Å²) in [7, 11) is 1.44. The van der Waals surface area contributed by atoms with Crippen LogP contribution in [-0.2, 0) is 19.2 Å². The largest absolute Gasteiger partial charge is 0.504 e. The molecule has 9 nitrogen and oxygen atoms in total. The molecule has 0 bridgehead atoms. The van der Waals surface area contributed by atoms with Gasteiger partial charge >= 0.3 is 0 Å². The van der Waals surface area contributed by atoms with E-state index in [0.717, 1.165) is 11.1 Å². The minimum atomic E-state index is -0.721. The Kier molecular flexibility index (Phi) is 7.10. The van der Waals surface area contributed by atoms with Gasteiger partial charge in [0.05, 0.1) is 32.7 Å². The van der Waals surface area contributed by atoms with Gasteiger partial charge < -0.3 is 14.3 Å². The van der Waals surface area contributed by atoms with Crippen molar-refractivity contribution in [3.63, 3.8) is 0 Å². The lowest BCUT2D eigenvalue weighted by Gasteiger charge is -2.42. The third-order valence-electron chi connectivity index (χ3n) is 9.60. The number of benzene rings is 3. The number of allylic oxidation sites excluding steroid dienone is 6. The highest BCUT2D eigenvalue weighted by Gasteiger charge is 2.56. The van der Waals surface area contributed by atoms with Crippen molar-refractivity contribution in [2.45, 2.75) is 18.8 Å². The second-order valence-electron chi connectivity index (χ2n) is 12.0. The fourth-order valence-corrected chi connectivity index (χ4v) is 8.58. The van der Waals surface area contributed by atoms with E-state index in [9.17, 15) is 24.3 Å². The van der Waals surface area contributed by atoms with Crippen molar-refractivity contribution in [3.05, 3.63) is 103 Å². The third kappa shape index (κ3) is 4.57. The van der Waals surface area contributed by atoms with Crippen LogP contribution >= 0.6 is 38.5 Å². The molecule has 3 aromatic carbocycles. The zero-order valence-electron chi connectivity index (χ0n) is 24.7. The number of para-hydroxylation sites is 2. The van der Waals surface area contributed by atoms with Gasteiger partial charge in [0.15, 0.2) is 28.6 Å². The number of imide groups is 1. The molecule has 4 aliphatic rings. The van der Waals surface area contributed by atoms with Gasteiger partial charge in [0.1, 0.15) is 5.52 Å². The Morgan fingerprint density at radius 3 is 2.53 bits per heavy atom. The molecule has 8 rings (SSSR count). The SMILES string of the molecule is COc1cc(C2C3=CCC4C(=O)N(c5ccc(-c6nc7ccccc7o6)cc5)C(=O)C4C3CC3=C2C(=O)C=C(Br)C3=O)cc(I)c1O. The summed E-state index contributed by atoms with van der Waals surface area (Å²) in [5.41, 5.74) is 4.70. The van der Waals surface area contributed by atoms with E-state index in [1.165, 1.54) is 18.1 Å². The number of hydrogen-bond donors (Lipinski definition) is 1. The Bertz CT molecular complexity index is 2150. The summed E-state index contributed by atoms with van der Waals surface area (Å²) in [5.74, 6) is -3.09. The Morgan fingerprint density at radius 2 is 1.79 bits per heavy atom. The van der Waals surface area contributed by atoms with E-state index in [0.29, 0.717) is 49.4 Å². The van der Waals surface area contributed by atoms with Crippen LogP contribution in [0.25, 0.3) is 22.6 Å². The molecular weight excluding hydrogens is 779 g/mol. The van der Waals surface area contributed by atoms with E-state index in [1.807, 2.05) is 52.9 Å². The average molecular weight is 803 g/mol. The molecule has 2 amide bonds. The normalized spacial score (nSPS) is 23.9. The van der Waals surface area contributed by atoms with Gasteiger partial charge in [-0.15, -0.1) is 0 Å². The van der Waals surface area contributed by atoms with Crippen molar-refractivity contribution in [2.75, 3.05) is 12.0 Å². The van der Waals surface area contributed by atoms with Crippen LogP contribution in [0.2, 0.25) is 0 Å². The first-order valence-electron chi connectivity index (χ1n) is 15.0. The standard InChI is InChI=1S/C36H24BrIN2O7/c1-46-28-13-17(12-24(38)33(28)43)29-19-10-11-20-30(21(19)14-22-31(29)26(41)15-23(37)32(22)42)36(45)40(35(20)44)18-8-6-16(7-9-18)34-39-25-4-2-3-5-27(25)47-34/h2-10,12-13,15,20-21,29-30,43H,11,14H2,1H3. The van der Waals surface area contributed by atoms with Crippen molar-refractivity contribution in [3.8, 4) is 23.0 Å². The molecule has 1 aromatic heterocycles. The first kappa shape index (κ1) is 30.0. The molecule has 4 aromatic rings. The van der Waals surface area contributed by atoms with Crippen LogP contribution < -0.4 is 9.64 Å². The number of aromatic hydroxyl groups is 1. The maximum atomic E-state index is 14.3. The van der Waals surface area contributed by atoms with E-state index in [-0.39, 0.29) is 45.8 Å². The van der Waals surface area contributed by atoms with Gasteiger partial charge in [0.2, 0.25) is 17.7 Å². The molecule has 234 valence electrons. The summed E-state index contributed by atoms with van der Waals surface area (Å²) in [6.45, 7) is 0. The molecule has 0 saturated carbocycles. The van der Waals surface area contributed by atoms with Gasteiger partial charge in [-0.1, -0.05) is 23.8 Å². The summed E-state index contributed by atoms with van der Waals surface area (Å²) in [4.78, 5) is 61.1. The van der Waals surface area contributed by atoms with Crippen LogP contribution in [0.5, 0.6) is 11.5 Å². The summed E-state index contributed by atoms with van der Waals surface area (Å²) < 4.78 is 12.0. The number of Topliss-reactive ketones (excluding diaryl/α,β-unsaturated/α-hetero) is 1. The zero-order valence-corrected chi connectivity index (χ0v) is 28.4. The van der Waals surface area contributed by atoms with Crippen LogP contribution in [0.15, 0.2) is 98.4 Å². The number of methoxy groups -OCH3 is 1. The molecule has 1 saturated heterocycles. The smallest absolute Gasteiger partial charge is 0.238 e. The highest BCUT2D eigenvalue weighted by atomic mass is 127. The van der Waals surface area contributed by atoms with E-state index in [4.69, 9.17) is 9.15 Å². The first-order valence-corrected chi connectivity index (χ1v) is 16.8. The Hall–Kier alpha value is -4.36. The molecule has 4 atom stereocenters. The van der Waals surface area contributed by atoms with Gasteiger partial charge in [0.25, 0.3) is 0 Å². The number of ketones is 2. The average Bonchev–Trinajstić information content (AvgIpc) is 3.62. The Morgan fingerprint density at radius 1 is 1.02 bits per heavy atom. The van der Waals surface area contributed by atoms with Gasteiger partial charge in [-0.05, 0) is 111 Å². The first-order chi connectivity index (χ1) is 22.7. The number of fused-ring (bicyclic) bond motifs is 4. The monoisotopic (exact) mass is 802 g/mol. The second-order valence-corrected chi connectivity index (χ2v) is 14.0. The molecular formula is C36H24BrIN2O7. The number of anilines is 1. The zero-order chi connectivity index (χ0) is 32.7. The summed E-state index contributed by atoms with van der Waals surface area (Å²) in [6, 6.07) is 17.9. The van der Waals surface area contributed by atoms with E-state index < -0.39 is 23.7 Å². The van der Waals surface area contributed by atoms with Crippen molar-refractivity contribution >= 4 is 78.7 Å². The number of ether oxygens (including phenoxy) is 1. The van der Waals surface area contributed by atoms with Gasteiger partial charge in [-0.2, -0.15) is 0 Å². The van der Waals surface area contributed by atoms with Crippen molar-refractivity contribution < 1.29 is 33.4 Å². The molecule has 4 unspecified atom stereocenters. The number of halogens is 2. The lowest BCUT2D eigenvalue weighted by molar-refractivity contribution is -0.123. The van der Waals surface area contributed by atoms with Crippen molar-refractivity contribution in [1.82, 2.24) is 4.98 Å². The fraction of sp³-hybridized carbons (Fsp3) is 0.194. The number of phenolic OH excluding ortho intramolecular Hbond substituents is 1. The van der Waals surface area contributed by atoms with Crippen molar-refractivity contribution in [1.29, 1.82) is 0 Å². The van der Waals surface area contributed by atoms with Crippen LogP contribution in [0.3, 0.4) is 0 Å². The van der Waals surface area contributed by atoms with Gasteiger partial charge in [0, 0.05) is 28.7 Å². The molecule has 0 radical (unpaired) electrons. The molecule has 1 N–H and O–H groups in total. The number of nitrogens with zero attached hydrogens (tertiary/aromatic N) is 2. The molecule has 47 heavy (non-hydrogen) atoms. The highest BCUT2D eigenvalue weighted by Crippen LogP contribution is 2.56. The number of carbonyl (C=O) groups is 4. The Labute approximate surface area is 290 Å². The predicted octanol–water partition coefficient (Wildman–Crippen LogP) is 6.78.